The van der Waals surface area contributed by atoms with Crippen molar-refractivity contribution in [3.63, 3.8) is 0 Å². The zero-order valence-corrected chi connectivity index (χ0v) is 22.0. The molecule has 0 bridgehead atoms. The molecule has 2 aliphatic heterocycles. The van der Waals surface area contributed by atoms with Crippen molar-refractivity contribution in [2.45, 2.75) is 12.1 Å². The number of carbonyl (C=O) groups is 3. The first kappa shape index (κ1) is 25.6. The molecule has 6 rings (SSSR count). The normalized spacial score (nSPS) is 20.0. The summed E-state index contributed by atoms with van der Waals surface area (Å²) in [5.74, 6) is -1.69. The molecule has 200 valence electrons. The van der Waals surface area contributed by atoms with Crippen LogP contribution in [0.1, 0.15) is 22.0 Å². The fourth-order valence-electron chi connectivity index (χ4n) is 5.08. The van der Waals surface area contributed by atoms with E-state index < -0.39 is 29.9 Å². The molecule has 4 aromatic carbocycles. The molecule has 0 saturated carbocycles. The average Bonchev–Trinajstić information content (AvgIpc) is 3.50. The van der Waals surface area contributed by atoms with Crippen molar-refractivity contribution in [2.75, 3.05) is 17.1 Å². The molecule has 0 aliphatic carbocycles. The summed E-state index contributed by atoms with van der Waals surface area (Å²) in [6.45, 7) is 0. The molecule has 40 heavy (non-hydrogen) atoms. The number of ether oxygens (including phenoxy) is 2. The summed E-state index contributed by atoms with van der Waals surface area (Å²) in [5, 5.41) is 2.10. The largest absolute Gasteiger partial charge is 0.493 e. The van der Waals surface area contributed by atoms with Gasteiger partial charge in [0.1, 0.15) is 5.92 Å². The fourth-order valence-corrected chi connectivity index (χ4v) is 5.21. The second-order valence-electron chi connectivity index (χ2n) is 9.31. The number of rotatable bonds is 6. The third kappa shape index (κ3) is 4.47. The lowest BCUT2D eigenvalue weighted by molar-refractivity contribution is -0.126. The van der Waals surface area contributed by atoms with Gasteiger partial charge in [-0.3, -0.25) is 14.4 Å². The Kier molecular flexibility index (Phi) is 6.71. The molecular weight excluding hydrogens is 532 g/mol. The van der Waals surface area contributed by atoms with Gasteiger partial charge in [-0.05, 0) is 66.2 Å². The first-order valence-corrected chi connectivity index (χ1v) is 12.9. The van der Waals surface area contributed by atoms with Gasteiger partial charge >= 0.3 is 5.97 Å². The molecule has 4 aromatic rings. The number of esters is 1. The number of amides is 2. The van der Waals surface area contributed by atoms with Gasteiger partial charge in [0.2, 0.25) is 5.91 Å². The van der Waals surface area contributed by atoms with Crippen molar-refractivity contribution < 1.29 is 28.7 Å². The summed E-state index contributed by atoms with van der Waals surface area (Å²) < 4.78 is 11.2. The lowest BCUT2D eigenvalue weighted by Crippen LogP contribution is -2.37. The van der Waals surface area contributed by atoms with Crippen LogP contribution in [0.15, 0.2) is 103 Å². The van der Waals surface area contributed by atoms with Crippen molar-refractivity contribution in [3.05, 3.63) is 119 Å². The summed E-state index contributed by atoms with van der Waals surface area (Å²) in [6.07, 6.45) is -1.03. The molecule has 0 spiro atoms. The minimum Gasteiger partial charge on any atom is -0.493 e. The number of fused-ring (bicyclic) bond motifs is 1. The highest BCUT2D eigenvalue weighted by molar-refractivity contribution is 6.30. The van der Waals surface area contributed by atoms with Crippen LogP contribution in [0, 0.1) is 5.92 Å². The number of benzene rings is 4. The predicted octanol–water partition coefficient (Wildman–Crippen LogP) is 5.62. The Hall–Kier alpha value is -4.66. The minimum atomic E-state index is -1.03. The number of hydroxylamine groups is 1. The van der Waals surface area contributed by atoms with Gasteiger partial charge in [0.15, 0.2) is 17.6 Å². The maximum Gasteiger partial charge on any atom is 0.343 e. The van der Waals surface area contributed by atoms with Gasteiger partial charge in [0.25, 0.3) is 5.91 Å². The molecule has 0 radical (unpaired) electrons. The molecule has 2 amide bonds. The van der Waals surface area contributed by atoms with E-state index in [0.29, 0.717) is 27.5 Å². The number of halogens is 1. The summed E-state index contributed by atoms with van der Waals surface area (Å²) in [6, 6.07) is 28.7. The maximum absolute atomic E-state index is 13.8. The van der Waals surface area contributed by atoms with E-state index in [1.807, 2.05) is 12.1 Å². The molecule has 8 nitrogen and oxygen atoms in total. The number of anilines is 2. The van der Waals surface area contributed by atoms with E-state index in [4.69, 9.17) is 25.9 Å². The van der Waals surface area contributed by atoms with E-state index >= 15 is 0 Å². The summed E-state index contributed by atoms with van der Waals surface area (Å²) >= 11 is 6.11. The SMILES string of the molecule is COc1cc([C@@H]2[C@H]3C(=O)N(c4ccccc4)C(=O)[C@@H]3ON2c2ccc(Cl)cc2)ccc1OC(=O)c1ccccc1. The van der Waals surface area contributed by atoms with Gasteiger partial charge in [-0.1, -0.05) is 54.1 Å². The molecule has 9 heteroatoms. The number of para-hydroxylation sites is 1. The van der Waals surface area contributed by atoms with Crippen LogP contribution >= 0.6 is 11.6 Å². The predicted molar refractivity (Wildman–Crippen MR) is 148 cm³/mol. The first-order valence-electron chi connectivity index (χ1n) is 12.6. The van der Waals surface area contributed by atoms with Gasteiger partial charge in [0.05, 0.1) is 30.1 Å². The molecule has 0 N–H and O–H groups in total. The quantitative estimate of drug-likeness (QED) is 0.174. The summed E-state index contributed by atoms with van der Waals surface area (Å²) in [4.78, 5) is 47.4. The number of imide groups is 1. The van der Waals surface area contributed by atoms with Crippen molar-refractivity contribution in [3.8, 4) is 11.5 Å². The van der Waals surface area contributed by atoms with E-state index in [9.17, 15) is 14.4 Å². The fraction of sp³-hybridized carbons (Fsp3) is 0.129. The van der Waals surface area contributed by atoms with Crippen LogP contribution in [0.3, 0.4) is 0 Å². The van der Waals surface area contributed by atoms with Crippen LogP contribution in [-0.4, -0.2) is 31.0 Å². The molecule has 0 aromatic heterocycles. The van der Waals surface area contributed by atoms with Gasteiger partial charge in [-0.25, -0.2) is 14.8 Å². The smallest absolute Gasteiger partial charge is 0.343 e. The Morgan fingerprint density at radius 3 is 2.15 bits per heavy atom. The standard InChI is InChI=1S/C31H23ClN2O6/c1-38-25-18-20(12-17-24(25)39-31(37)19-8-4-2-5-9-19)27-26-28(40-34(27)23-15-13-21(32)14-16-23)30(36)33(29(26)35)22-10-6-3-7-11-22/h2-18,26-28H,1H3/t26-,27-,28-/m1/s1. The van der Waals surface area contributed by atoms with Crippen molar-refractivity contribution in [2.24, 2.45) is 5.92 Å². The number of nitrogens with zero attached hydrogens (tertiary/aromatic N) is 2. The molecule has 3 atom stereocenters. The molecule has 2 aliphatic rings. The average molecular weight is 555 g/mol. The number of carbonyl (C=O) groups excluding carboxylic acids is 3. The van der Waals surface area contributed by atoms with Crippen molar-refractivity contribution >= 4 is 40.8 Å². The molecule has 2 fully saturated rings. The lowest BCUT2D eigenvalue weighted by atomic mass is 9.90. The highest BCUT2D eigenvalue weighted by Crippen LogP contribution is 2.48. The Morgan fingerprint density at radius 1 is 0.800 bits per heavy atom. The number of hydrogen-bond acceptors (Lipinski definition) is 7. The maximum atomic E-state index is 13.8. The van der Waals surface area contributed by atoms with Gasteiger partial charge in [0, 0.05) is 5.02 Å². The first-order chi connectivity index (χ1) is 19.5. The van der Waals surface area contributed by atoms with Crippen LogP contribution in [-0.2, 0) is 14.4 Å². The lowest BCUT2D eigenvalue weighted by Gasteiger charge is -2.29. The van der Waals surface area contributed by atoms with Crippen molar-refractivity contribution in [1.29, 1.82) is 0 Å². The van der Waals surface area contributed by atoms with Gasteiger partial charge < -0.3 is 9.47 Å². The van der Waals surface area contributed by atoms with Crippen LogP contribution in [0.5, 0.6) is 11.5 Å². The van der Waals surface area contributed by atoms with E-state index in [-0.39, 0.29) is 17.4 Å². The zero-order chi connectivity index (χ0) is 27.8. The molecular formula is C31H23ClN2O6. The van der Waals surface area contributed by atoms with E-state index in [0.717, 1.165) is 0 Å². The third-order valence-corrected chi connectivity index (χ3v) is 7.20. The summed E-state index contributed by atoms with van der Waals surface area (Å²) in [5.41, 5.74) is 2.13. The highest BCUT2D eigenvalue weighted by atomic mass is 35.5. The molecule has 0 unspecified atom stereocenters. The second-order valence-corrected chi connectivity index (χ2v) is 9.75. The monoisotopic (exact) mass is 554 g/mol. The van der Waals surface area contributed by atoms with Crippen LogP contribution < -0.4 is 19.4 Å². The number of hydrogen-bond donors (Lipinski definition) is 0. The highest BCUT2D eigenvalue weighted by Gasteiger charge is 2.60. The van der Waals surface area contributed by atoms with Gasteiger partial charge in [-0.15, -0.1) is 0 Å². The van der Waals surface area contributed by atoms with E-state index in [1.165, 1.54) is 12.0 Å². The van der Waals surface area contributed by atoms with E-state index in [2.05, 4.69) is 0 Å². The minimum absolute atomic E-state index is 0.216. The molecule has 2 heterocycles. The zero-order valence-electron chi connectivity index (χ0n) is 21.3. The second kappa shape index (κ2) is 10.5. The Labute approximate surface area is 235 Å². The Balaban J connectivity index is 1.39. The van der Waals surface area contributed by atoms with Crippen LogP contribution in [0.2, 0.25) is 5.02 Å². The Morgan fingerprint density at radius 2 is 1.48 bits per heavy atom. The third-order valence-electron chi connectivity index (χ3n) is 6.95. The van der Waals surface area contributed by atoms with Crippen LogP contribution in [0.25, 0.3) is 0 Å². The number of methoxy groups -OCH3 is 1. The topological polar surface area (TPSA) is 85.4 Å². The van der Waals surface area contributed by atoms with Crippen LogP contribution in [0.4, 0.5) is 11.4 Å². The summed E-state index contributed by atoms with van der Waals surface area (Å²) in [7, 11) is 1.46. The van der Waals surface area contributed by atoms with E-state index in [1.54, 1.807) is 96.1 Å². The van der Waals surface area contributed by atoms with Crippen molar-refractivity contribution in [1.82, 2.24) is 0 Å². The van der Waals surface area contributed by atoms with Gasteiger partial charge in [-0.2, -0.15) is 0 Å². The molecule has 2 saturated heterocycles. The Bertz CT molecular complexity index is 1580.